The topological polar surface area (TPSA) is 78.8 Å². The highest BCUT2D eigenvalue weighted by molar-refractivity contribution is 6.30. The summed E-state index contributed by atoms with van der Waals surface area (Å²) >= 11 is 6.20. The standard InChI is InChI=1S/C22H19ClFN5O/c1-29-22(11-20(28-29)19-4-2-3-9-26-19)30-21-10-15(23)6-7-16(21)18-8-5-14(13-27-18)17(24)12-25/h2-11,13,17H,12,25H2,1H3/t17-/m1/s1. The number of nitrogens with two attached hydrogens (primary N) is 1. The van der Waals surface area contributed by atoms with Gasteiger partial charge in [-0.3, -0.25) is 9.97 Å². The number of benzene rings is 1. The predicted molar refractivity (Wildman–Crippen MR) is 114 cm³/mol. The molecule has 152 valence electrons. The number of aromatic nitrogens is 4. The van der Waals surface area contributed by atoms with E-state index < -0.39 is 6.17 Å². The van der Waals surface area contributed by atoms with Gasteiger partial charge in [0.25, 0.3) is 0 Å². The molecule has 3 heterocycles. The fraction of sp³-hybridized carbons (Fsp3) is 0.136. The quantitative estimate of drug-likeness (QED) is 0.474. The highest BCUT2D eigenvalue weighted by atomic mass is 35.5. The predicted octanol–water partition coefficient (Wildman–Crippen LogP) is 4.96. The lowest BCUT2D eigenvalue weighted by Gasteiger charge is -2.12. The van der Waals surface area contributed by atoms with E-state index in [2.05, 4.69) is 15.1 Å². The zero-order valence-corrected chi connectivity index (χ0v) is 16.9. The minimum Gasteiger partial charge on any atom is -0.439 e. The number of halogens is 2. The third-order valence-corrected chi connectivity index (χ3v) is 4.79. The van der Waals surface area contributed by atoms with Gasteiger partial charge in [0, 0.05) is 54.3 Å². The monoisotopic (exact) mass is 423 g/mol. The Hall–Kier alpha value is -3.29. The Morgan fingerprint density at radius 1 is 1.07 bits per heavy atom. The summed E-state index contributed by atoms with van der Waals surface area (Å²) in [5.41, 5.74) is 8.60. The van der Waals surface area contributed by atoms with E-state index in [9.17, 15) is 4.39 Å². The van der Waals surface area contributed by atoms with E-state index in [0.29, 0.717) is 33.6 Å². The molecule has 0 amide bonds. The van der Waals surface area contributed by atoms with Gasteiger partial charge in [-0.15, -0.1) is 0 Å². The van der Waals surface area contributed by atoms with Gasteiger partial charge in [-0.1, -0.05) is 23.7 Å². The first-order chi connectivity index (χ1) is 14.5. The second-order valence-corrected chi connectivity index (χ2v) is 7.07. The average Bonchev–Trinajstić information content (AvgIpc) is 3.14. The largest absolute Gasteiger partial charge is 0.439 e. The fourth-order valence-corrected chi connectivity index (χ4v) is 3.14. The summed E-state index contributed by atoms with van der Waals surface area (Å²) in [5, 5.41) is 4.99. The molecular weight excluding hydrogens is 405 g/mol. The summed E-state index contributed by atoms with van der Waals surface area (Å²) in [6, 6.07) is 16.1. The van der Waals surface area contributed by atoms with Gasteiger partial charge < -0.3 is 10.5 Å². The summed E-state index contributed by atoms with van der Waals surface area (Å²) in [4.78, 5) is 8.69. The maximum absolute atomic E-state index is 13.8. The van der Waals surface area contributed by atoms with Gasteiger partial charge in [-0.05, 0) is 30.3 Å². The molecule has 30 heavy (non-hydrogen) atoms. The Labute approximate surface area is 178 Å². The number of nitrogens with zero attached hydrogens (tertiary/aromatic N) is 4. The average molecular weight is 424 g/mol. The second-order valence-electron chi connectivity index (χ2n) is 6.63. The Morgan fingerprint density at radius 3 is 2.63 bits per heavy atom. The summed E-state index contributed by atoms with van der Waals surface area (Å²) in [6.07, 6.45) is 1.95. The van der Waals surface area contributed by atoms with Crippen molar-refractivity contribution in [3.8, 4) is 34.3 Å². The van der Waals surface area contributed by atoms with Crippen molar-refractivity contribution in [1.29, 1.82) is 0 Å². The van der Waals surface area contributed by atoms with Crippen molar-refractivity contribution >= 4 is 11.6 Å². The molecule has 4 aromatic rings. The van der Waals surface area contributed by atoms with Gasteiger partial charge >= 0.3 is 0 Å². The highest BCUT2D eigenvalue weighted by Crippen LogP contribution is 2.36. The van der Waals surface area contributed by atoms with Crippen molar-refractivity contribution < 1.29 is 9.13 Å². The molecule has 6 nitrogen and oxygen atoms in total. The Bertz CT molecular complexity index is 1150. The number of pyridine rings is 2. The molecule has 0 aliphatic rings. The zero-order valence-electron chi connectivity index (χ0n) is 16.2. The van der Waals surface area contributed by atoms with Crippen LogP contribution in [0.4, 0.5) is 4.39 Å². The lowest BCUT2D eigenvalue weighted by molar-refractivity contribution is 0.352. The van der Waals surface area contributed by atoms with E-state index in [1.54, 1.807) is 48.3 Å². The maximum Gasteiger partial charge on any atom is 0.218 e. The minimum absolute atomic E-state index is 0.0879. The van der Waals surface area contributed by atoms with Crippen molar-refractivity contribution in [3.63, 3.8) is 0 Å². The van der Waals surface area contributed by atoms with Crippen LogP contribution < -0.4 is 10.5 Å². The van der Waals surface area contributed by atoms with E-state index in [4.69, 9.17) is 22.1 Å². The molecule has 1 aromatic carbocycles. The first-order valence-corrected chi connectivity index (χ1v) is 9.66. The molecule has 1 atom stereocenters. The number of hydrogen-bond donors (Lipinski definition) is 1. The van der Waals surface area contributed by atoms with Crippen molar-refractivity contribution in [2.45, 2.75) is 6.17 Å². The maximum atomic E-state index is 13.8. The van der Waals surface area contributed by atoms with Crippen molar-refractivity contribution in [2.24, 2.45) is 12.8 Å². The van der Waals surface area contributed by atoms with Crippen LogP contribution in [-0.4, -0.2) is 26.3 Å². The highest BCUT2D eigenvalue weighted by Gasteiger charge is 2.15. The molecule has 2 N–H and O–H groups in total. The zero-order chi connectivity index (χ0) is 21.1. The van der Waals surface area contributed by atoms with Crippen molar-refractivity contribution in [1.82, 2.24) is 19.7 Å². The van der Waals surface area contributed by atoms with Gasteiger partial charge in [0.1, 0.15) is 17.6 Å². The third kappa shape index (κ3) is 4.17. The van der Waals surface area contributed by atoms with E-state index in [0.717, 1.165) is 11.3 Å². The normalized spacial score (nSPS) is 12.0. The number of hydrogen-bond acceptors (Lipinski definition) is 5. The Morgan fingerprint density at radius 2 is 1.93 bits per heavy atom. The SMILES string of the molecule is Cn1nc(-c2ccccn2)cc1Oc1cc(Cl)ccc1-c1ccc([C@H](F)CN)cn1. The van der Waals surface area contributed by atoms with Gasteiger partial charge in [-0.25, -0.2) is 9.07 Å². The van der Waals surface area contributed by atoms with Crippen LogP contribution in [0, 0.1) is 0 Å². The fourth-order valence-electron chi connectivity index (χ4n) is 2.98. The summed E-state index contributed by atoms with van der Waals surface area (Å²) in [7, 11) is 1.78. The molecule has 0 saturated carbocycles. The number of rotatable bonds is 6. The van der Waals surface area contributed by atoms with Crippen molar-refractivity contribution in [2.75, 3.05) is 6.54 Å². The molecular formula is C22H19ClFN5O. The molecule has 0 unspecified atom stereocenters. The summed E-state index contributed by atoms with van der Waals surface area (Å²) in [6.45, 7) is -0.0879. The Balaban J connectivity index is 1.67. The number of ether oxygens (including phenoxy) is 1. The molecule has 0 radical (unpaired) electrons. The molecule has 0 aliphatic carbocycles. The van der Waals surface area contributed by atoms with E-state index >= 15 is 0 Å². The third-order valence-electron chi connectivity index (χ3n) is 4.55. The van der Waals surface area contributed by atoms with Crippen LogP contribution in [0.1, 0.15) is 11.7 Å². The molecule has 0 fully saturated rings. The second kappa shape index (κ2) is 8.61. The van der Waals surface area contributed by atoms with Crippen LogP contribution in [0.3, 0.4) is 0 Å². The van der Waals surface area contributed by atoms with Crippen LogP contribution in [0.2, 0.25) is 5.02 Å². The van der Waals surface area contributed by atoms with E-state index in [1.807, 2.05) is 24.3 Å². The van der Waals surface area contributed by atoms with E-state index in [-0.39, 0.29) is 6.54 Å². The van der Waals surface area contributed by atoms with Gasteiger partial charge in [-0.2, -0.15) is 5.10 Å². The molecule has 0 aliphatic heterocycles. The lowest BCUT2D eigenvalue weighted by atomic mass is 10.1. The van der Waals surface area contributed by atoms with Crippen LogP contribution in [-0.2, 0) is 7.05 Å². The lowest BCUT2D eigenvalue weighted by Crippen LogP contribution is -2.07. The molecule has 0 spiro atoms. The van der Waals surface area contributed by atoms with Gasteiger partial charge in [0.2, 0.25) is 5.88 Å². The molecule has 0 saturated heterocycles. The summed E-state index contributed by atoms with van der Waals surface area (Å²) in [5.74, 6) is 1.02. The molecule has 0 bridgehead atoms. The number of alkyl halides is 1. The number of aryl methyl sites for hydroxylation is 1. The molecule has 3 aromatic heterocycles. The minimum atomic E-state index is -1.24. The first-order valence-electron chi connectivity index (χ1n) is 9.28. The molecule has 8 heteroatoms. The van der Waals surface area contributed by atoms with Crippen LogP contribution in [0.5, 0.6) is 11.6 Å². The van der Waals surface area contributed by atoms with Gasteiger partial charge in [0.05, 0.1) is 11.4 Å². The van der Waals surface area contributed by atoms with Crippen molar-refractivity contribution in [3.05, 3.63) is 77.6 Å². The summed E-state index contributed by atoms with van der Waals surface area (Å²) < 4.78 is 21.5. The van der Waals surface area contributed by atoms with Gasteiger partial charge in [0.15, 0.2) is 0 Å². The van der Waals surface area contributed by atoms with E-state index in [1.165, 1.54) is 6.20 Å². The van der Waals surface area contributed by atoms with Crippen LogP contribution in [0.25, 0.3) is 22.6 Å². The Kier molecular flexibility index (Phi) is 5.74. The first kappa shape index (κ1) is 20.0. The van der Waals surface area contributed by atoms with Crippen LogP contribution in [0.15, 0.2) is 67.0 Å². The smallest absolute Gasteiger partial charge is 0.218 e. The molecule has 4 rings (SSSR count). The van der Waals surface area contributed by atoms with Crippen LogP contribution >= 0.6 is 11.6 Å².